The van der Waals surface area contributed by atoms with Crippen LogP contribution in [0, 0.1) is 34.0 Å². The number of ether oxygens (including phenoxy) is 3. The molecule has 206 valence electrons. The molecule has 2 N–H and O–H groups in total. The Labute approximate surface area is 223 Å². The zero-order valence-corrected chi connectivity index (χ0v) is 22.6. The van der Waals surface area contributed by atoms with Gasteiger partial charge < -0.3 is 24.4 Å². The summed E-state index contributed by atoms with van der Waals surface area (Å²) in [6.07, 6.45) is -0.294. The van der Waals surface area contributed by atoms with E-state index >= 15 is 0 Å². The van der Waals surface area contributed by atoms with E-state index in [0.29, 0.717) is 12.2 Å². The predicted molar refractivity (Wildman–Crippen MR) is 137 cm³/mol. The summed E-state index contributed by atoms with van der Waals surface area (Å²) >= 11 is 0. The second-order valence-corrected chi connectivity index (χ2v) is 12.4. The van der Waals surface area contributed by atoms with Crippen LogP contribution in [0.5, 0.6) is 5.75 Å². The van der Waals surface area contributed by atoms with Crippen molar-refractivity contribution in [2.45, 2.75) is 71.2 Å². The van der Waals surface area contributed by atoms with Gasteiger partial charge in [0.2, 0.25) is 0 Å². The molecule has 4 fully saturated rings. The Hall–Kier alpha value is -2.71. The molecular weight excluding hydrogens is 488 g/mol. The molecule has 0 unspecified atom stereocenters. The SMILES string of the molecule is C=C1C(=O)[C@@]23[C@H](O)C[C@@H]4C(C)(C)CCC[C@@]4(COC(C)=O)[C@@H]2[C@@H](O)C[C@H]1[C@H]3OC(=O)c1cccc(OC)c1. The van der Waals surface area contributed by atoms with Gasteiger partial charge >= 0.3 is 11.9 Å². The molecule has 1 aromatic rings. The molecule has 0 saturated heterocycles. The van der Waals surface area contributed by atoms with Crippen molar-refractivity contribution in [1.82, 2.24) is 0 Å². The number of ketones is 1. The number of aliphatic hydroxyl groups excluding tert-OH is 2. The molecule has 2 bridgehead atoms. The first-order valence-electron chi connectivity index (χ1n) is 13.5. The monoisotopic (exact) mass is 526 g/mol. The Kier molecular flexibility index (Phi) is 6.50. The molecule has 4 aliphatic carbocycles. The molecule has 0 amide bonds. The number of esters is 2. The van der Waals surface area contributed by atoms with Crippen LogP contribution < -0.4 is 4.74 Å². The van der Waals surface area contributed by atoms with Crippen LogP contribution in [-0.4, -0.2) is 60.0 Å². The van der Waals surface area contributed by atoms with Crippen LogP contribution in [0.15, 0.2) is 36.4 Å². The van der Waals surface area contributed by atoms with E-state index in [4.69, 9.17) is 14.2 Å². The third-order valence-corrected chi connectivity index (χ3v) is 10.2. The van der Waals surface area contributed by atoms with Crippen molar-refractivity contribution in [2.24, 2.45) is 34.0 Å². The minimum absolute atomic E-state index is 0.0353. The summed E-state index contributed by atoms with van der Waals surface area (Å²) in [6.45, 7) is 9.71. The Balaban J connectivity index is 1.64. The van der Waals surface area contributed by atoms with E-state index in [1.165, 1.54) is 14.0 Å². The summed E-state index contributed by atoms with van der Waals surface area (Å²) in [5, 5.41) is 23.6. The smallest absolute Gasteiger partial charge is 0.338 e. The maximum Gasteiger partial charge on any atom is 0.338 e. The molecule has 0 aliphatic heterocycles. The highest BCUT2D eigenvalue weighted by atomic mass is 16.5. The first-order chi connectivity index (χ1) is 17.9. The van der Waals surface area contributed by atoms with Gasteiger partial charge in [0.05, 0.1) is 31.5 Å². The standard InChI is InChI=1S/C30H38O8/c1-16-20-13-21(32)24-29(15-37-17(2)31)11-7-10-28(3,4)22(29)14-23(33)30(24,25(16)34)26(20)38-27(35)18-8-6-9-19(12-18)36-5/h6,8-9,12,20-24,26,32-33H,1,7,10-11,13-15H2,2-5H3/t20-,21+,22-,23-,24+,26-,29+,30-/m1/s1. The lowest BCUT2D eigenvalue weighted by Gasteiger charge is -2.66. The van der Waals surface area contributed by atoms with Crippen molar-refractivity contribution in [3.8, 4) is 5.75 Å². The quantitative estimate of drug-likeness (QED) is 0.442. The molecule has 8 atom stereocenters. The lowest BCUT2D eigenvalue weighted by atomic mass is 9.39. The van der Waals surface area contributed by atoms with Crippen molar-refractivity contribution in [1.29, 1.82) is 0 Å². The Bertz CT molecular complexity index is 1170. The van der Waals surface area contributed by atoms with Crippen LogP contribution in [0.3, 0.4) is 0 Å². The molecule has 0 radical (unpaired) electrons. The number of carbonyl (C=O) groups is 3. The van der Waals surface area contributed by atoms with Gasteiger partial charge in [-0.25, -0.2) is 4.79 Å². The van der Waals surface area contributed by atoms with Crippen molar-refractivity contribution in [3.05, 3.63) is 42.0 Å². The predicted octanol–water partition coefficient (Wildman–Crippen LogP) is 3.48. The zero-order chi connectivity index (χ0) is 27.6. The number of hydrogen-bond acceptors (Lipinski definition) is 8. The molecule has 1 spiro atoms. The largest absolute Gasteiger partial charge is 0.497 e. The van der Waals surface area contributed by atoms with Crippen molar-refractivity contribution in [3.63, 3.8) is 0 Å². The summed E-state index contributed by atoms with van der Waals surface area (Å²) < 4.78 is 17.0. The highest BCUT2D eigenvalue weighted by Gasteiger charge is 2.78. The lowest BCUT2D eigenvalue weighted by Crippen LogP contribution is -2.72. The molecule has 0 aromatic heterocycles. The van der Waals surface area contributed by atoms with Gasteiger partial charge in [0, 0.05) is 24.2 Å². The Morgan fingerprint density at radius 3 is 2.58 bits per heavy atom. The van der Waals surface area contributed by atoms with Crippen LogP contribution in [0.4, 0.5) is 0 Å². The van der Waals surface area contributed by atoms with Gasteiger partial charge in [0.25, 0.3) is 0 Å². The molecule has 4 saturated carbocycles. The van der Waals surface area contributed by atoms with E-state index in [0.717, 1.165) is 12.8 Å². The van der Waals surface area contributed by atoms with Crippen LogP contribution in [-0.2, 0) is 19.1 Å². The number of carbonyl (C=O) groups excluding carboxylic acids is 3. The maximum absolute atomic E-state index is 14.2. The number of methoxy groups -OCH3 is 1. The van der Waals surface area contributed by atoms with Crippen LogP contribution >= 0.6 is 0 Å². The number of benzene rings is 1. The van der Waals surface area contributed by atoms with E-state index in [2.05, 4.69) is 20.4 Å². The highest BCUT2D eigenvalue weighted by molar-refractivity contribution is 6.05. The van der Waals surface area contributed by atoms with Gasteiger partial charge in [-0.1, -0.05) is 32.9 Å². The van der Waals surface area contributed by atoms with Crippen LogP contribution in [0.25, 0.3) is 0 Å². The normalized spacial score (nSPS) is 39.1. The summed E-state index contributed by atoms with van der Waals surface area (Å²) in [6, 6.07) is 6.56. The fraction of sp³-hybridized carbons (Fsp3) is 0.633. The topological polar surface area (TPSA) is 119 Å². The lowest BCUT2D eigenvalue weighted by molar-refractivity contribution is -0.264. The summed E-state index contributed by atoms with van der Waals surface area (Å²) in [5.74, 6) is -2.44. The summed E-state index contributed by atoms with van der Waals surface area (Å²) in [7, 11) is 1.50. The molecular formula is C30H38O8. The summed E-state index contributed by atoms with van der Waals surface area (Å²) in [5.41, 5.74) is -2.03. The minimum Gasteiger partial charge on any atom is -0.497 e. The van der Waals surface area contributed by atoms with Crippen molar-refractivity contribution >= 4 is 17.7 Å². The number of hydrogen-bond donors (Lipinski definition) is 2. The van der Waals surface area contributed by atoms with Gasteiger partial charge in [0.1, 0.15) is 17.3 Å². The average molecular weight is 527 g/mol. The van der Waals surface area contributed by atoms with E-state index in [9.17, 15) is 24.6 Å². The first-order valence-corrected chi connectivity index (χ1v) is 13.5. The zero-order valence-electron chi connectivity index (χ0n) is 22.6. The average Bonchev–Trinajstić information content (AvgIpc) is 3.00. The fourth-order valence-electron chi connectivity index (χ4n) is 8.75. The maximum atomic E-state index is 14.2. The molecule has 0 heterocycles. The van der Waals surface area contributed by atoms with Gasteiger partial charge in [-0.2, -0.15) is 0 Å². The Morgan fingerprint density at radius 2 is 1.89 bits per heavy atom. The summed E-state index contributed by atoms with van der Waals surface area (Å²) in [4.78, 5) is 39.6. The van der Waals surface area contributed by atoms with E-state index in [1.54, 1.807) is 24.3 Å². The molecule has 1 aromatic carbocycles. The van der Waals surface area contributed by atoms with Gasteiger partial charge in [-0.3, -0.25) is 9.59 Å². The minimum atomic E-state index is -1.57. The third-order valence-electron chi connectivity index (χ3n) is 10.2. The molecule has 8 heteroatoms. The molecule has 8 nitrogen and oxygen atoms in total. The van der Waals surface area contributed by atoms with Crippen LogP contribution in [0.1, 0.15) is 63.2 Å². The first kappa shape index (κ1) is 26.9. The number of Topliss-reactive ketones (excluding diaryl/α,β-unsaturated/α-hetero) is 1. The van der Waals surface area contributed by atoms with Gasteiger partial charge in [-0.05, 0) is 60.8 Å². The van der Waals surface area contributed by atoms with E-state index in [1.807, 2.05) is 0 Å². The second-order valence-electron chi connectivity index (χ2n) is 12.4. The molecule has 38 heavy (non-hydrogen) atoms. The number of fused-ring (bicyclic) bond motifs is 3. The van der Waals surface area contributed by atoms with Crippen LogP contribution in [0.2, 0.25) is 0 Å². The van der Waals surface area contributed by atoms with E-state index < -0.39 is 52.9 Å². The third kappa shape index (κ3) is 3.67. The Morgan fingerprint density at radius 1 is 1.16 bits per heavy atom. The number of aliphatic hydroxyl groups is 2. The van der Waals surface area contributed by atoms with Gasteiger partial charge in [0.15, 0.2) is 5.78 Å². The molecule has 5 rings (SSSR count). The number of rotatable bonds is 5. The fourth-order valence-corrected chi connectivity index (χ4v) is 8.75. The second kappa shape index (κ2) is 9.19. The highest BCUT2D eigenvalue weighted by Crippen LogP contribution is 2.71. The van der Waals surface area contributed by atoms with Crippen molar-refractivity contribution in [2.75, 3.05) is 13.7 Å². The molecule has 4 aliphatic rings. The van der Waals surface area contributed by atoms with Gasteiger partial charge in [-0.15, -0.1) is 0 Å². The van der Waals surface area contributed by atoms with E-state index in [-0.39, 0.29) is 47.7 Å². The van der Waals surface area contributed by atoms with Crippen molar-refractivity contribution < 1.29 is 38.8 Å².